The highest BCUT2D eigenvalue weighted by atomic mass is 16.6. The van der Waals surface area contributed by atoms with Crippen LogP contribution in [0.3, 0.4) is 0 Å². The van der Waals surface area contributed by atoms with Crippen molar-refractivity contribution in [3.05, 3.63) is 28.8 Å². The van der Waals surface area contributed by atoms with Crippen molar-refractivity contribution >= 4 is 5.84 Å². The van der Waals surface area contributed by atoms with E-state index in [0.717, 1.165) is 35.3 Å². The van der Waals surface area contributed by atoms with Crippen molar-refractivity contribution < 1.29 is 9.47 Å². The molecule has 4 nitrogen and oxygen atoms in total. The maximum atomic E-state index is 7.50. The van der Waals surface area contributed by atoms with Crippen LogP contribution in [0, 0.1) is 19.3 Å². The molecule has 1 aliphatic rings. The van der Waals surface area contributed by atoms with Gasteiger partial charge < -0.3 is 15.2 Å². The van der Waals surface area contributed by atoms with Crippen molar-refractivity contribution in [3.8, 4) is 5.75 Å². The van der Waals surface area contributed by atoms with Gasteiger partial charge in [-0.1, -0.05) is 0 Å². The Bertz CT molecular complexity index is 500. The summed E-state index contributed by atoms with van der Waals surface area (Å²) < 4.78 is 11.9. The predicted octanol–water partition coefficient (Wildman–Crippen LogP) is 2.92. The van der Waals surface area contributed by atoms with Crippen LogP contribution in [0.2, 0.25) is 0 Å². The second-order valence-electron chi connectivity index (χ2n) is 6.20. The normalized spacial score (nSPS) is 20.9. The first-order valence-electron chi connectivity index (χ1n) is 7.05. The van der Waals surface area contributed by atoms with Crippen LogP contribution >= 0.6 is 0 Å². The molecule has 0 spiro atoms. The number of hydrogen-bond donors (Lipinski definition) is 2. The Kier molecular flexibility index (Phi) is 4.04. The van der Waals surface area contributed by atoms with Crippen LogP contribution in [0.4, 0.5) is 0 Å². The van der Waals surface area contributed by atoms with Gasteiger partial charge in [0.15, 0.2) is 0 Å². The topological polar surface area (TPSA) is 68.3 Å². The molecule has 3 N–H and O–H groups in total. The summed E-state index contributed by atoms with van der Waals surface area (Å²) in [5.41, 5.74) is 8.25. The largest absolute Gasteiger partial charge is 0.490 e. The van der Waals surface area contributed by atoms with E-state index in [1.165, 1.54) is 0 Å². The molecule has 0 amide bonds. The van der Waals surface area contributed by atoms with Gasteiger partial charge in [-0.25, -0.2) is 0 Å². The third kappa shape index (κ3) is 3.31. The molecule has 0 aliphatic carbocycles. The smallest absolute Gasteiger partial charge is 0.125 e. The van der Waals surface area contributed by atoms with E-state index in [0.29, 0.717) is 6.61 Å². The number of nitrogens with two attached hydrogens (primary N) is 1. The minimum atomic E-state index is -0.0311. The molecule has 1 fully saturated rings. The molecule has 1 aromatic rings. The minimum Gasteiger partial charge on any atom is -0.490 e. The number of nitrogen functional groups attached to an aromatic ring is 1. The molecule has 20 heavy (non-hydrogen) atoms. The first-order valence-corrected chi connectivity index (χ1v) is 7.05. The lowest BCUT2D eigenvalue weighted by Crippen LogP contribution is -2.24. The molecule has 0 bridgehead atoms. The zero-order valence-electron chi connectivity index (χ0n) is 12.7. The Morgan fingerprint density at radius 3 is 2.45 bits per heavy atom. The van der Waals surface area contributed by atoms with Gasteiger partial charge >= 0.3 is 0 Å². The van der Waals surface area contributed by atoms with Gasteiger partial charge in [0, 0.05) is 5.56 Å². The summed E-state index contributed by atoms with van der Waals surface area (Å²) in [7, 11) is 0. The third-order valence-corrected chi connectivity index (χ3v) is 3.74. The van der Waals surface area contributed by atoms with Crippen LogP contribution in [0.5, 0.6) is 5.75 Å². The van der Waals surface area contributed by atoms with E-state index < -0.39 is 0 Å². The lowest BCUT2D eigenvalue weighted by Gasteiger charge is -2.20. The number of ether oxygens (including phenoxy) is 2. The molecule has 0 saturated carbocycles. The molecular formula is C16H24N2O2. The summed E-state index contributed by atoms with van der Waals surface area (Å²) in [5.74, 6) is 0.965. The SMILES string of the molecule is Cc1cc(C(=N)N)cc(C)c1OCC1CCC(C)(C)O1. The van der Waals surface area contributed by atoms with E-state index in [1.54, 1.807) is 0 Å². The highest BCUT2D eigenvalue weighted by Crippen LogP contribution is 2.31. The van der Waals surface area contributed by atoms with Crippen molar-refractivity contribution in [1.29, 1.82) is 5.41 Å². The first-order chi connectivity index (χ1) is 9.28. The van der Waals surface area contributed by atoms with E-state index in [4.69, 9.17) is 20.6 Å². The lowest BCUT2D eigenvalue weighted by molar-refractivity contribution is -0.0328. The molecule has 1 saturated heterocycles. The molecule has 110 valence electrons. The van der Waals surface area contributed by atoms with E-state index in [2.05, 4.69) is 13.8 Å². The van der Waals surface area contributed by atoms with E-state index in [-0.39, 0.29) is 17.5 Å². The minimum absolute atomic E-state index is 0.0311. The molecule has 0 aromatic heterocycles. The van der Waals surface area contributed by atoms with Crippen molar-refractivity contribution in [1.82, 2.24) is 0 Å². The van der Waals surface area contributed by atoms with Crippen LogP contribution in [-0.2, 0) is 4.74 Å². The summed E-state index contributed by atoms with van der Waals surface area (Å²) in [4.78, 5) is 0. The number of aryl methyl sites for hydroxylation is 2. The molecule has 1 aromatic carbocycles. The molecule has 1 atom stereocenters. The Morgan fingerprint density at radius 2 is 2.00 bits per heavy atom. The van der Waals surface area contributed by atoms with Gasteiger partial charge in [-0.15, -0.1) is 0 Å². The molecule has 1 heterocycles. The van der Waals surface area contributed by atoms with E-state index in [9.17, 15) is 0 Å². The van der Waals surface area contributed by atoms with Crippen LogP contribution in [0.15, 0.2) is 12.1 Å². The third-order valence-electron chi connectivity index (χ3n) is 3.74. The highest BCUT2D eigenvalue weighted by molar-refractivity contribution is 5.95. The summed E-state index contributed by atoms with van der Waals surface area (Å²) in [6.45, 7) is 8.77. The van der Waals surface area contributed by atoms with Crippen LogP contribution < -0.4 is 10.5 Å². The number of rotatable bonds is 4. The average molecular weight is 276 g/mol. The van der Waals surface area contributed by atoms with Crippen molar-refractivity contribution in [2.24, 2.45) is 5.73 Å². The maximum Gasteiger partial charge on any atom is 0.125 e. The Hall–Kier alpha value is -1.55. The average Bonchev–Trinajstić information content (AvgIpc) is 2.67. The first kappa shape index (κ1) is 14.9. The zero-order chi connectivity index (χ0) is 14.9. The van der Waals surface area contributed by atoms with Crippen molar-refractivity contribution in [2.75, 3.05) is 6.61 Å². The molecule has 2 rings (SSSR count). The Balaban J connectivity index is 2.05. The number of nitrogens with one attached hydrogen (secondary N) is 1. The lowest BCUT2D eigenvalue weighted by atomic mass is 10.0. The second kappa shape index (κ2) is 5.44. The van der Waals surface area contributed by atoms with E-state index in [1.807, 2.05) is 26.0 Å². The fraction of sp³-hybridized carbons (Fsp3) is 0.562. The molecule has 1 aliphatic heterocycles. The molecular weight excluding hydrogens is 252 g/mol. The quantitative estimate of drug-likeness (QED) is 0.656. The van der Waals surface area contributed by atoms with Gasteiger partial charge in [0.2, 0.25) is 0 Å². The summed E-state index contributed by atoms with van der Waals surface area (Å²) in [5, 5.41) is 7.50. The standard InChI is InChI=1S/C16H24N2O2/c1-10-7-12(15(17)18)8-11(2)14(10)19-9-13-5-6-16(3,4)20-13/h7-8,13H,5-6,9H2,1-4H3,(H3,17,18). The number of benzene rings is 1. The van der Waals surface area contributed by atoms with Crippen molar-refractivity contribution in [2.45, 2.75) is 52.2 Å². The zero-order valence-corrected chi connectivity index (χ0v) is 12.7. The number of amidine groups is 1. The monoisotopic (exact) mass is 276 g/mol. The van der Waals surface area contributed by atoms with Gasteiger partial charge in [-0.05, 0) is 63.8 Å². The highest BCUT2D eigenvalue weighted by Gasteiger charge is 2.32. The summed E-state index contributed by atoms with van der Waals surface area (Å²) in [6.07, 6.45) is 2.27. The molecule has 1 unspecified atom stereocenters. The van der Waals surface area contributed by atoms with Gasteiger partial charge in [-0.2, -0.15) is 0 Å². The van der Waals surface area contributed by atoms with Crippen LogP contribution in [-0.4, -0.2) is 24.1 Å². The van der Waals surface area contributed by atoms with Gasteiger partial charge in [0.25, 0.3) is 0 Å². The van der Waals surface area contributed by atoms with E-state index >= 15 is 0 Å². The van der Waals surface area contributed by atoms with Crippen molar-refractivity contribution in [3.63, 3.8) is 0 Å². The fourth-order valence-electron chi connectivity index (χ4n) is 2.70. The van der Waals surface area contributed by atoms with Gasteiger partial charge in [0.1, 0.15) is 18.2 Å². The maximum absolute atomic E-state index is 7.50. The fourth-order valence-corrected chi connectivity index (χ4v) is 2.70. The van der Waals surface area contributed by atoms with Gasteiger partial charge in [-0.3, -0.25) is 5.41 Å². The van der Waals surface area contributed by atoms with Crippen LogP contribution in [0.1, 0.15) is 43.4 Å². The van der Waals surface area contributed by atoms with Crippen LogP contribution in [0.25, 0.3) is 0 Å². The number of hydrogen-bond acceptors (Lipinski definition) is 3. The second-order valence-corrected chi connectivity index (χ2v) is 6.20. The molecule has 0 radical (unpaired) electrons. The molecule has 4 heteroatoms. The Labute approximate surface area is 120 Å². The predicted molar refractivity (Wildman–Crippen MR) is 80.6 cm³/mol. The Morgan fingerprint density at radius 1 is 1.40 bits per heavy atom. The van der Waals surface area contributed by atoms with Gasteiger partial charge in [0.05, 0.1) is 11.7 Å². The summed E-state index contributed by atoms with van der Waals surface area (Å²) >= 11 is 0. The summed E-state index contributed by atoms with van der Waals surface area (Å²) in [6, 6.07) is 3.79.